The summed E-state index contributed by atoms with van der Waals surface area (Å²) in [7, 11) is 0. The van der Waals surface area contributed by atoms with Crippen molar-refractivity contribution in [1.82, 2.24) is 10.6 Å². The summed E-state index contributed by atoms with van der Waals surface area (Å²) in [4.78, 5) is 29.0. The Kier molecular flexibility index (Phi) is 8.16. The van der Waals surface area contributed by atoms with Gasteiger partial charge in [0.05, 0.1) is 11.1 Å². The van der Waals surface area contributed by atoms with Gasteiger partial charge in [-0.15, -0.1) is 0 Å². The number of fused-ring (bicyclic) bond motifs is 3. The molecular weight excluding hydrogens is 549 g/mol. The second-order valence-corrected chi connectivity index (χ2v) is 14.0. The van der Waals surface area contributed by atoms with Crippen molar-refractivity contribution in [3.8, 4) is 0 Å². The normalized spacial score (nSPS) is 30.1. The molecule has 6 rings (SSSR count). The molecule has 2 aliphatic heterocycles. The standard InChI is InChI=1S/C35H45ClFN3O2/c1-4-9-22-12-17-26-28(20-22)39-33(42)35(26)29(25-10-8-11-27(36)30(25)37)31(40-34(35)18-6-5-7-19-34)32(41)38-24-15-13-23(14-16-24)21(2)3/h8,10-12,17,20-21,23-24,29,31,40H,4-7,9,13-16,18-19H2,1-3H3,(H,38,41)(H,39,42)/t23?,24?,29-,31+,35+/m0/s1. The number of hydrogen-bond donors (Lipinski definition) is 3. The first-order valence-corrected chi connectivity index (χ1v) is 16.6. The highest BCUT2D eigenvalue weighted by Gasteiger charge is 2.72. The van der Waals surface area contributed by atoms with Gasteiger partial charge in [-0.05, 0) is 85.6 Å². The van der Waals surface area contributed by atoms with Crippen LogP contribution >= 0.6 is 11.6 Å². The molecule has 3 N–H and O–H groups in total. The van der Waals surface area contributed by atoms with Gasteiger partial charge in [-0.3, -0.25) is 14.9 Å². The summed E-state index contributed by atoms with van der Waals surface area (Å²) < 4.78 is 16.1. The Hall–Kier alpha value is -2.44. The summed E-state index contributed by atoms with van der Waals surface area (Å²) in [5, 5.41) is 10.4. The zero-order valence-electron chi connectivity index (χ0n) is 25.2. The minimum absolute atomic E-state index is 0.00957. The third-order valence-corrected chi connectivity index (χ3v) is 11.3. The molecule has 5 nitrogen and oxygen atoms in total. The zero-order chi connectivity index (χ0) is 29.6. The number of nitrogens with one attached hydrogen (secondary N) is 3. The number of rotatable bonds is 6. The molecule has 2 aliphatic carbocycles. The summed E-state index contributed by atoms with van der Waals surface area (Å²) in [6.45, 7) is 6.69. The maximum absolute atomic E-state index is 16.1. The van der Waals surface area contributed by atoms with Crippen molar-refractivity contribution in [2.75, 3.05) is 5.32 Å². The van der Waals surface area contributed by atoms with Gasteiger partial charge in [0, 0.05) is 23.2 Å². The minimum Gasteiger partial charge on any atom is -0.352 e. The van der Waals surface area contributed by atoms with Gasteiger partial charge in [0.15, 0.2) is 0 Å². The van der Waals surface area contributed by atoms with Gasteiger partial charge in [-0.25, -0.2) is 4.39 Å². The van der Waals surface area contributed by atoms with E-state index in [1.807, 2.05) is 0 Å². The summed E-state index contributed by atoms with van der Waals surface area (Å²) in [6, 6.07) is 10.6. The van der Waals surface area contributed by atoms with Crippen LogP contribution in [0.15, 0.2) is 36.4 Å². The van der Waals surface area contributed by atoms with Crippen LogP contribution in [0.1, 0.15) is 108 Å². The van der Waals surface area contributed by atoms with Crippen LogP contribution in [0.3, 0.4) is 0 Å². The molecule has 0 aromatic heterocycles. The lowest BCUT2D eigenvalue weighted by molar-refractivity contribution is -0.124. The Morgan fingerprint density at radius 1 is 1.10 bits per heavy atom. The predicted octanol–water partition coefficient (Wildman–Crippen LogP) is 7.41. The molecule has 0 radical (unpaired) electrons. The Balaban J connectivity index is 1.47. The van der Waals surface area contributed by atoms with Crippen LogP contribution < -0.4 is 16.0 Å². The van der Waals surface area contributed by atoms with Crippen LogP contribution in [0.4, 0.5) is 10.1 Å². The van der Waals surface area contributed by atoms with Crippen molar-refractivity contribution >= 4 is 29.1 Å². The van der Waals surface area contributed by atoms with E-state index >= 15 is 4.39 Å². The average Bonchev–Trinajstić information content (AvgIpc) is 3.43. The SMILES string of the molecule is CCCc1ccc2c(c1)NC(=O)[C@]21[C@@H](c2cccc(Cl)c2F)[C@H](C(=O)NC2CCC(C(C)C)CC2)NC12CCCCC2. The van der Waals surface area contributed by atoms with Crippen molar-refractivity contribution < 1.29 is 14.0 Å². The molecule has 0 unspecified atom stereocenters. The molecule has 2 saturated carbocycles. The van der Waals surface area contributed by atoms with Crippen LogP contribution in [-0.4, -0.2) is 29.4 Å². The number of amides is 2. The molecule has 226 valence electrons. The Bertz CT molecular complexity index is 1350. The molecule has 2 spiro atoms. The molecule has 1 saturated heterocycles. The smallest absolute Gasteiger partial charge is 0.238 e. The highest BCUT2D eigenvalue weighted by atomic mass is 35.5. The van der Waals surface area contributed by atoms with Gasteiger partial charge in [-0.1, -0.05) is 82.3 Å². The Morgan fingerprint density at radius 3 is 2.52 bits per heavy atom. The van der Waals surface area contributed by atoms with E-state index in [9.17, 15) is 9.59 Å². The van der Waals surface area contributed by atoms with Crippen molar-refractivity contribution in [2.45, 2.75) is 120 Å². The topological polar surface area (TPSA) is 70.2 Å². The fraction of sp³-hybridized carbons (Fsp3) is 0.600. The third kappa shape index (κ3) is 4.68. The summed E-state index contributed by atoms with van der Waals surface area (Å²) in [5.74, 6) is -0.258. The second kappa shape index (κ2) is 11.6. The molecular formula is C35H45ClFN3O2. The van der Waals surface area contributed by atoms with Crippen LogP contribution in [-0.2, 0) is 21.4 Å². The average molecular weight is 594 g/mol. The maximum Gasteiger partial charge on any atom is 0.238 e. The van der Waals surface area contributed by atoms with Crippen molar-refractivity contribution in [1.29, 1.82) is 0 Å². The summed E-state index contributed by atoms with van der Waals surface area (Å²) in [6.07, 6.45) is 10.5. The number of aryl methyl sites for hydroxylation is 1. The van der Waals surface area contributed by atoms with Crippen LogP contribution in [0.25, 0.3) is 0 Å². The first-order valence-electron chi connectivity index (χ1n) is 16.2. The molecule has 3 atom stereocenters. The van der Waals surface area contributed by atoms with E-state index in [0.717, 1.165) is 87.4 Å². The molecule has 42 heavy (non-hydrogen) atoms. The molecule has 2 amide bonds. The predicted molar refractivity (Wildman–Crippen MR) is 166 cm³/mol. The summed E-state index contributed by atoms with van der Waals surface area (Å²) >= 11 is 6.38. The van der Waals surface area contributed by atoms with Gasteiger partial charge in [0.2, 0.25) is 11.8 Å². The Labute approximate surface area is 254 Å². The van der Waals surface area contributed by atoms with Crippen LogP contribution in [0.5, 0.6) is 0 Å². The van der Waals surface area contributed by atoms with E-state index in [2.05, 4.69) is 54.9 Å². The molecule has 2 heterocycles. The largest absolute Gasteiger partial charge is 0.352 e. The minimum atomic E-state index is -1.14. The first-order chi connectivity index (χ1) is 20.2. The maximum atomic E-state index is 16.1. The van der Waals surface area contributed by atoms with Gasteiger partial charge < -0.3 is 10.6 Å². The number of halogens is 2. The molecule has 3 fully saturated rings. The number of hydrogen-bond acceptors (Lipinski definition) is 3. The van der Waals surface area contributed by atoms with Crippen LogP contribution in [0, 0.1) is 17.7 Å². The Morgan fingerprint density at radius 2 is 1.83 bits per heavy atom. The molecule has 0 bridgehead atoms. The van der Waals surface area contributed by atoms with E-state index in [-0.39, 0.29) is 22.9 Å². The summed E-state index contributed by atoms with van der Waals surface area (Å²) in [5.41, 5.74) is 1.34. The molecule has 2 aromatic carbocycles. The van der Waals surface area contributed by atoms with Crippen molar-refractivity contribution in [3.63, 3.8) is 0 Å². The monoisotopic (exact) mass is 593 g/mol. The lowest BCUT2D eigenvalue weighted by Gasteiger charge is -2.47. The van der Waals surface area contributed by atoms with Crippen molar-refractivity contribution in [3.05, 3.63) is 63.9 Å². The highest BCUT2D eigenvalue weighted by Crippen LogP contribution is 2.62. The van der Waals surface area contributed by atoms with Crippen molar-refractivity contribution in [2.24, 2.45) is 11.8 Å². The fourth-order valence-corrected chi connectivity index (χ4v) is 9.14. The van der Waals surface area contributed by atoms with Gasteiger partial charge in [-0.2, -0.15) is 0 Å². The number of carbonyl (C=O) groups is 2. The van der Waals surface area contributed by atoms with E-state index in [4.69, 9.17) is 11.6 Å². The number of anilines is 1. The molecule has 7 heteroatoms. The van der Waals surface area contributed by atoms with E-state index in [1.54, 1.807) is 12.1 Å². The number of benzene rings is 2. The number of carbonyl (C=O) groups excluding carboxylic acids is 2. The fourth-order valence-electron chi connectivity index (χ4n) is 8.96. The van der Waals surface area contributed by atoms with E-state index < -0.39 is 28.7 Å². The zero-order valence-corrected chi connectivity index (χ0v) is 26.0. The van der Waals surface area contributed by atoms with E-state index in [0.29, 0.717) is 17.4 Å². The first kappa shape index (κ1) is 29.6. The van der Waals surface area contributed by atoms with Gasteiger partial charge in [0.1, 0.15) is 11.2 Å². The second-order valence-electron chi connectivity index (χ2n) is 13.6. The lowest BCUT2D eigenvalue weighted by Crippen LogP contribution is -2.60. The molecule has 2 aromatic rings. The highest BCUT2D eigenvalue weighted by molar-refractivity contribution is 6.30. The van der Waals surface area contributed by atoms with Crippen LogP contribution in [0.2, 0.25) is 5.02 Å². The quantitative estimate of drug-likeness (QED) is 0.327. The van der Waals surface area contributed by atoms with E-state index in [1.165, 1.54) is 6.07 Å². The lowest BCUT2D eigenvalue weighted by atomic mass is 9.55. The van der Waals surface area contributed by atoms with Gasteiger partial charge >= 0.3 is 0 Å². The van der Waals surface area contributed by atoms with Gasteiger partial charge in [0.25, 0.3) is 0 Å². The molecule has 4 aliphatic rings. The third-order valence-electron chi connectivity index (χ3n) is 11.0.